The lowest BCUT2D eigenvalue weighted by Crippen LogP contribution is -2.21. The zero-order valence-corrected chi connectivity index (χ0v) is 10.4. The second-order valence-corrected chi connectivity index (χ2v) is 3.73. The van der Waals surface area contributed by atoms with Crippen LogP contribution < -0.4 is 14.8 Å². The third-order valence-electron chi connectivity index (χ3n) is 2.60. The quantitative estimate of drug-likeness (QED) is 0.809. The summed E-state index contributed by atoms with van der Waals surface area (Å²) in [6.07, 6.45) is 1.45. The Morgan fingerprint density at radius 2 is 1.94 bits per heavy atom. The molecule has 18 heavy (non-hydrogen) atoms. The minimum atomic E-state index is 0.608. The van der Waals surface area contributed by atoms with Crippen LogP contribution in [0.3, 0.4) is 0 Å². The van der Waals surface area contributed by atoms with Gasteiger partial charge in [-0.05, 0) is 13.0 Å². The van der Waals surface area contributed by atoms with Gasteiger partial charge in [-0.2, -0.15) is 5.26 Å². The summed E-state index contributed by atoms with van der Waals surface area (Å²) in [5, 5.41) is 11.8. The van der Waals surface area contributed by atoms with E-state index >= 15 is 0 Å². The molecule has 0 saturated heterocycles. The first-order valence-corrected chi connectivity index (χ1v) is 5.38. The van der Waals surface area contributed by atoms with Gasteiger partial charge < -0.3 is 14.8 Å². The van der Waals surface area contributed by atoms with E-state index in [4.69, 9.17) is 14.7 Å². The molecule has 1 aromatic rings. The van der Waals surface area contributed by atoms with E-state index in [1.54, 1.807) is 26.4 Å². The van der Waals surface area contributed by atoms with Crippen molar-refractivity contribution in [2.24, 2.45) is 4.99 Å². The average molecular weight is 243 g/mol. The van der Waals surface area contributed by atoms with E-state index in [0.29, 0.717) is 17.2 Å². The number of amidine groups is 1. The average Bonchev–Trinajstić information content (AvgIpc) is 2.37. The van der Waals surface area contributed by atoms with Gasteiger partial charge in [0.1, 0.15) is 5.84 Å². The van der Waals surface area contributed by atoms with Crippen molar-refractivity contribution < 1.29 is 9.47 Å². The highest BCUT2D eigenvalue weighted by Crippen LogP contribution is 2.38. The van der Waals surface area contributed by atoms with Crippen molar-refractivity contribution in [3.05, 3.63) is 23.8 Å². The molecule has 0 spiro atoms. The van der Waals surface area contributed by atoms with Crippen LogP contribution in [0.2, 0.25) is 0 Å². The number of benzene rings is 1. The second kappa shape index (κ2) is 4.80. The highest BCUT2D eigenvalue weighted by Gasteiger charge is 2.18. The number of rotatable bonds is 2. The summed E-state index contributed by atoms with van der Waals surface area (Å²) in [6.45, 7) is 1.84. The van der Waals surface area contributed by atoms with Crippen LogP contribution in [-0.2, 0) is 0 Å². The van der Waals surface area contributed by atoms with Crippen molar-refractivity contribution in [2.45, 2.75) is 6.92 Å². The topological polar surface area (TPSA) is 66.6 Å². The van der Waals surface area contributed by atoms with E-state index in [9.17, 15) is 0 Å². The minimum absolute atomic E-state index is 0.608. The number of nitrogens with one attached hydrogen (secondary N) is 1. The summed E-state index contributed by atoms with van der Waals surface area (Å²) in [5.74, 6) is 1.96. The maximum atomic E-state index is 8.80. The van der Waals surface area contributed by atoms with Gasteiger partial charge >= 0.3 is 0 Å². The molecule has 1 aromatic carbocycles. The molecule has 0 aliphatic carbocycles. The third kappa shape index (κ3) is 2.00. The van der Waals surface area contributed by atoms with Crippen LogP contribution in [0.15, 0.2) is 23.2 Å². The van der Waals surface area contributed by atoms with Crippen molar-refractivity contribution in [3.8, 4) is 17.6 Å². The second-order valence-electron chi connectivity index (χ2n) is 3.73. The van der Waals surface area contributed by atoms with Gasteiger partial charge in [-0.25, -0.2) is 4.99 Å². The molecule has 0 saturated carbocycles. The molecule has 5 heteroatoms. The number of nitriles is 1. The fraction of sp³-hybridized carbons (Fsp3) is 0.231. The number of nitrogens with zero attached hydrogens (tertiary/aromatic N) is 2. The standard InChI is InChI=1S/C13H13N3O2/c1-8-15-10(4-5-14)9-6-12(17-2)13(18-3)7-11(9)16-8/h4,6-7H,1-3H3,(H,15,16)/b10-4-. The summed E-state index contributed by atoms with van der Waals surface area (Å²) in [6, 6.07) is 5.61. The van der Waals surface area contributed by atoms with Crippen LogP contribution in [0.1, 0.15) is 12.5 Å². The molecular formula is C13H13N3O2. The van der Waals surface area contributed by atoms with E-state index in [0.717, 1.165) is 17.1 Å². The summed E-state index contributed by atoms with van der Waals surface area (Å²) < 4.78 is 10.5. The molecular weight excluding hydrogens is 230 g/mol. The monoisotopic (exact) mass is 243 g/mol. The molecule has 1 aliphatic heterocycles. The van der Waals surface area contributed by atoms with Gasteiger partial charge in [-0.1, -0.05) is 0 Å². The number of hydrogen-bond donors (Lipinski definition) is 1. The highest BCUT2D eigenvalue weighted by atomic mass is 16.5. The number of ether oxygens (including phenoxy) is 2. The maximum Gasteiger partial charge on any atom is 0.162 e. The predicted molar refractivity (Wildman–Crippen MR) is 69.0 cm³/mol. The first-order valence-electron chi connectivity index (χ1n) is 5.38. The molecule has 1 heterocycles. The smallest absolute Gasteiger partial charge is 0.162 e. The number of methoxy groups -OCH3 is 2. The largest absolute Gasteiger partial charge is 0.493 e. The van der Waals surface area contributed by atoms with E-state index in [1.165, 1.54) is 6.08 Å². The number of allylic oxidation sites excluding steroid dienone is 1. The first-order chi connectivity index (χ1) is 8.69. The van der Waals surface area contributed by atoms with Crippen molar-refractivity contribution in [2.75, 3.05) is 14.2 Å². The first kappa shape index (κ1) is 12.0. The van der Waals surface area contributed by atoms with Gasteiger partial charge in [0.25, 0.3) is 0 Å². The molecule has 92 valence electrons. The van der Waals surface area contributed by atoms with Gasteiger partial charge in [0, 0.05) is 17.7 Å². The molecule has 0 atom stereocenters. The van der Waals surface area contributed by atoms with E-state index in [-0.39, 0.29) is 0 Å². The van der Waals surface area contributed by atoms with Crippen LogP contribution in [0.25, 0.3) is 5.70 Å². The molecule has 1 N–H and O–H groups in total. The Labute approximate surface area is 105 Å². The van der Waals surface area contributed by atoms with Crippen molar-refractivity contribution >= 4 is 17.2 Å². The van der Waals surface area contributed by atoms with Crippen molar-refractivity contribution in [1.29, 1.82) is 5.26 Å². The lowest BCUT2D eigenvalue weighted by Gasteiger charge is -2.20. The zero-order chi connectivity index (χ0) is 13.1. The fourth-order valence-electron chi connectivity index (χ4n) is 1.83. The minimum Gasteiger partial charge on any atom is -0.493 e. The molecule has 2 rings (SSSR count). The molecule has 0 unspecified atom stereocenters. The fourth-order valence-corrected chi connectivity index (χ4v) is 1.83. The van der Waals surface area contributed by atoms with Crippen LogP contribution in [-0.4, -0.2) is 20.1 Å². The van der Waals surface area contributed by atoms with E-state index in [2.05, 4.69) is 10.3 Å². The van der Waals surface area contributed by atoms with Gasteiger partial charge in [0.15, 0.2) is 11.5 Å². The van der Waals surface area contributed by atoms with Gasteiger partial charge in [-0.15, -0.1) is 0 Å². The SMILES string of the molecule is COc1cc2c(cc1OC)/C(=C/C#N)NC(C)=N2. The Morgan fingerprint density at radius 1 is 1.28 bits per heavy atom. The number of aliphatic imine (C=N–C) groups is 1. The van der Waals surface area contributed by atoms with Gasteiger partial charge in [0.2, 0.25) is 0 Å². The Balaban J connectivity index is 2.65. The van der Waals surface area contributed by atoms with Crippen molar-refractivity contribution in [3.63, 3.8) is 0 Å². The zero-order valence-electron chi connectivity index (χ0n) is 10.4. The van der Waals surface area contributed by atoms with Crippen LogP contribution in [0.5, 0.6) is 11.5 Å². The Bertz CT molecular complexity index is 583. The molecule has 0 fully saturated rings. The summed E-state index contributed by atoms with van der Waals surface area (Å²) in [4.78, 5) is 4.38. The van der Waals surface area contributed by atoms with Gasteiger partial charge in [-0.3, -0.25) is 0 Å². The molecule has 1 aliphatic rings. The maximum absolute atomic E-state index is 8.80. The lowest BCUT2D eigenvalue weighted by atomic mass is 10.1. The Morgan fingerprint density at radius 3 is 2.56 bits per heavy atom. The predicted octanol–water partition coefficient (Wildman–Crippen LogP) is 2.22. The molecule has 0 amide bonds. The van der Waals surface area contributed by atoms with E-state index in [1.807, 2.05) is 13.0 Å². The van der Waals surface area contributed by atoms with Crippen LogP contribution >= 0.6 is 0 Å². The normalized spacial score (nSPS) is 15.2. The third-order valence-corrected chi connectivity index (χ3v) is 2.60. The highest BCUT2D eigenvalue weighted by molar-refractivity contribution is 5.97. The summed E-state index contributed by atoms with van der Waals surface area (Å²) in [5.41, 5.74) is 2.28. The Kier molecular flexibility index (Phi) is 3.20. The van der Waals surface area contributed by atoms with Crippen LogP contribution in [0.4, 0.5) is 5.69 Å². The molecule has 0 bridgehead atoms. The summed E-state index contributed by atoms with van der Waals surface area (Å²) in [7, 11) is 3.15. The molecule has 5 nitrogen and oxygen atoms in total. The van der Waals surface area contributed by atoms with Crippen LogP contribution in [0, 0.1) is 11.3 Å². The molecule has 0 radical (unpaired) electrons. The van der Waals surface area contributed by atoms with Gasteiger partial charge in [0.05, 0.1) is 31.7 Å². The number of hydrogen-bond acceptors (Lipinski definition) is 5. The lowest BCUT2D eigenvalue weighted by molar-refractivity contribution is 0.355. The molecule has 0 aromatic heterocycles. The van der Waals surface area contributed by atoms with E-state index < -0.39 is 0 Å². The van der Waals surface area contributed by atoms with Crippen molar-refractivity contribution in [1.82, 2.24) is 5.32 Å². The number of fused-ring (bicyclic) bond motifs is 1. The Hall–Kier alpha value is -2.48. The summed E-state index contributed by atoms with van der Waals surface area (Å²) >= 11 is 0.